The molecule has 12 heteroatoms. The summed E-state index contributed by atoms with van der Waals surface area (Å²) in [4.78, 5) is 11.7. The van der Waals surface area contributed by atoms with Crippen molar-refractivity contribution in [3.63, 3.8) is 0 Å². The highest BCUT2D eigenvalue weighted by molar-refractivity contribution is 6.04. The van der Waals surface area contributed by atoms with Crippen LogP contribution in [-0.2, 0) is 6.42 Å². The number of phenolic OH excluding ortho intramolecular Hbond substituents is 6. The van der Waals surface area contributed by atoms with Crippen LogP contribution in [0.4, 0.5) is 0 Å². The highest BCUT2D eigenvalue weighted by atomic mass is 17.0. The molecule has 30 heavy (non-hydrogen) atoms. The molecule has 13 N–H and O–H groups in total. The number of aliphatic hydroxyl groups is 1. The number of Topliss-reactive ketones (excluding diaryl/α,β-unsaturated/α-hetero) is 1. The number of carbonyl (C=O) groups is 1. The summed E-state index contributed by atoms with van der Waals surface area (Å²) in [6.07, 6.45) is 0.216. The number of rotatable bonds is 0. The number of phenols is 6. The topological polar surface area (TPSA) is 262 Å². The Morgan fingerprint density at radius 1 is 0.800 bits per heavy atom. The predicted octanol–water partition coefficient (Wildman–Crippen LogP) is 0.491. The van der Waals surface area contributed by atoms with Gasteiger partial charge in [-0.05, 0) is 43.0 Å². The molecular formula is C18H28O12. The molecule has 0 fully saturated rings. The maximum absolute atomic E-state index is 11.7. The summed E-state index contributed by atoms with van der Waals surface area (Å²) in [5.41, 5.74) is 0.370. The van der Waals surface area contributed by atoms with Gasteiger partial charge in [0.1, 0.15) is 6.10 Å². The van der Waals surface area contributed by atoms with Crippen LogP contribution < -0.4 is 0 Å². The summed E-state index contributed by atoms with van der Waals surface area (Å²) in [5, 5.41) is 75.8. The summed E-state index contributed by atoms with van der Waals surface area (Å²) in [6.45, 7) is 0. The van der Waals surface area contributed by atoms with Crippen molar-refractivity contribution in [1.29, 1.82) is 0 Å². The van der Waals surface area contributed by atoms with Gasteiger partial charge in [0.2, 0.25) is 5.75 Å². The number of hydrogen-bond acceptors (Lipinski definition) is 10. The van der Waals surface area contributed by atoms with E-state index in [1.807, 2.05) is 0 Å². The second-order valence-corrected chi connectivity index (χ2v) is 5.54. The Labute approximate surface area is 171 Å². The molecule has 3 rings (SSSR count). The van der Waals surface area contributed by atoms with E-state index in [0.29, 0.717) is 24.8 Å². The molecule has 2 aromatic rings. The van der Waals surface area contributed by atoms with Gasteiger partial charge in [-0.2, -0.15) is 0 Å². The van der Waals surface area contributed by atoms with Crippen molar-refractivity contribution in [3.05, 3.63) is 35.4 Å². The average Bonchev–Trinajstić information content (AvgIpc) is 2.79. The third-order valence-electron chi connectivity index (χ3n) is 3.80. The summed E-state index contributed by atoms with van der Waals surface area (Å²) >= 11 is 0. The zero-order valence-corrected chi connectivity index (χ0v) is 14.9. The molecule has 1 aliphatic carbocycles. The van der Waals surface area contributed by atoms with E-state index in [1.165, 1.54) is 24.3 Å². The van der Waals surface area contributed by atoms with Crippen LogP contribution in [-0.4, -0.2) is 69.1 Å². The van der Waals surface area contributed by atoms with Crippen LogP contribution in [0.3, 0.4) is 0 Å². The van der Waals surface area contributed by atoms with Gasteiger partial charge >= 0.3 is 0 Å². The second-order valence-electron chi connectivity index (χ2n) is 5.54. The van der Waals surface area contributed by atoms with Crippen LogP contribution in [0.25, 0.3) is 0 Å². The molecule has 0 aromatic heterocycles. The van der Waals surface area contributed by atoms with Crippen molar-refractivity contribution < 1.29 is 62.0 Å². The zero-order chi connectivity index (χ0) is 20.7. The lowest BCUT2D eigenvalue weighted by Gasteiger charge is -2.11. The minimum atomic E-state index is -1.16. The van der Waals surface area contributed by atoms with E-state index in [1.54, 1.807) is 0 Å². The first-order valence-corrected chi connectivity index (χ1v) is 7.63. The fraction of sp³-hybridized carbons (Fsp3) is 0.278. The molecule has 1 atom stereocenters. The first-order chi connectivity index (χ1) is 12.7. The molecule has 0 heterocycles. The number of hydrogen-bond donors (Lipinski definition) is 9. The van der Waals surface area contributed by atoms with Crippen molar-refractivity contribution >= 4 is 5.78 Å². The molecule has 0 bridgehead atoms. The Hall–Kier alpha value is -3.29. The van der Waals surface area contributed by atoms with E-state index in [-0.39, 0.29) is 35.4 Å². The minimum Gasteiger partial charge on any atom is -0.504 e. The first kappa shape index (κ1) is 31.4. The number of ketones is 1. The fourth-order valence-corrected chi connectivity index (χ4v) is 2.47. The molecule has 1 unspecified atom stereocenters. The molecular weight excluding hydrogens is 408 g/mol. The lowest BCUT2D eigenvalue weighted by molar-refractivity contribution is -0.176. The number of fused-ring (bicyclic) bond motifs is 1. The molecule has 0 aliphatic heterocycles. The fourth-order valence-electron chi connectivity index (χ4n) is 2.47. The monoisotopic (exact) mass is 436 g/mol. The van der Waals surface area contributed by atoms with Crippen molar-refractivity contribution in [1.82, 2.24) is 0 Å². The lowest BCUT2D eigenvalue weighted by atomic mass is 9.99. The molecule has 1 aliphatic rings. The van der Waals surface area contributed by atoms with E-state index in [2.05, 4.69) is 0 Å². The number of para-hydroxylation sites is 1. The zero-order valence-electron chi connectivity index (χ0n) is 14.9. The van der Waals surface area contributed by atoms with Crippen LogP contribution in [0.2, 0.25) is 0 Å². The number of benzene rings is 2. The van der Waals surface area contributed by atoms with Gasteiger partial charge in [0.25, 0.3) is 0 Å². The van der Waals surface area contributed by atoms with Crippen LogP contribution in [0.1, 0.15) is 36.2 Å². The van der Waals surface area contributed by atoms with E-state index in [9.17, 15) is 25.2 Å². The smallest absolute Gasteiger partial charge is 0.201 e. The number of carbonyl (C=O) groups excluding carboxylic acids is 1. The second kappa shape index (κ2) is 13.8. The van der Waals surface area contributed by atoms with Gasteiger partial charge in [0.05, 0.1) is 5.56 Å². The average molecular weight is 436 g/mol. The van der Waals surface area contributed by atoms with E-state index >= 15 is 0 Å². The Morgan fingerprint density at radius 2 is 1.30 bits per heavy atom. The van der Waals surface area contributed by atoms with Crippen molar-refractivity contribution in [2.45, 2.75) is 32.8 Å². The summed E-state index contributed by atoms with van der Waals surface area (Å²) < 4.78 is 0. The highest BCUT2D eigenvalue weighted by Crippen LogP contribution is 2.41. The van der Waals surface area contributed by atoms with Crippen LogP contribution in [0, 0.1) is 0 Å². The third kappa shape index (κ3) is 6.95. The Kier molecular flexibility index (Phi) is 14.5. The van der Waals surface area contributed by atoms with Gasteiger partial charge < -0.3 is 46.7 Å². The quantitative estimate of drug-likeness (QED) is 0.119. The van der Waals surface area contributed by atoms with E-state index in [0.717, 1.165) is 0 Å². The van der Waals surface area contributed by atoms with Crippen molar-refractivity contribution in [3.8, 4) is 34.5 Å². The number of aliphatic hydroxyl groups excluding tert-OH is 1. The summed E-state index contributed by atoms with van der Waals surface area (Å²) in [6, 6.07) is 5.26. The predicted molar refractivity (Wildman–Crippen MR) is 105 cm³/mol. The van der Waals surface area contributed by atoms with Gasteiger partial charge in [-0.15, -0.1) is 0 Å². The molecule has 0 saturated carbocycles. The Morgan fingerprint density at radius 3 is 1.77 bits per heavy atom. The normalized spacial score (nSPS) is 13.8. The molecule has 0 saturated heterocycles. The van der Waals surface area contributed by atoms with E-state index in [4.69, 9.17) is 25.8 Å². The van der Waals surface area contributed by atoms with Crippen molar-refractivity contribution in [2.75, 3.05) is 0 Å². The molecule has 2 aromatic carbocycles. The van der Waals surface area contributed by atoms with Gasteiger partial charge in [-0.25, -0.2) is 0 Å². The first-order valence-electron chi connectivity index (χ1n) is 7.63. The molecule has 12 nitrogen and oxygen atoms in total. The maximum Gasteiger partial charge on any atom is 0.201 e. The minimum absolute atomic E-state index is 0. The molecule has 172 valence electrons. The summed E-state index contributed by atoms with van der Waals surface area (Å²) in [5.74, 6) is -3.54. The van der Waals surface area contributed by atoms with Crippen LogP contribution in [0.15, 0.2) is 24.3 Å². The van der Waals surface area contributed by atoms with Crippen LogP contribution in [0.5, 0.6) is 34.5 Å². The lowest BCUT2D eigenvalue weighted by Crippen LogP contribution is -2.19. The summed E-state index contributed by atoms with van der Waals surface area (Å²) in [7, 11) is 0. The van der Waals surface area contributed by atoms with Gasteiger partial charge in [0, 0.05) is 0 Å². The largest absolute Gasteiger partial charge is 0.504 e. The standard InChI is InChI=1S/C11H12O5.C6H6O3.CH4.H2O2.2H2O/c12-6-3-1-2-5-4-7(13)10(15)11(16)8(5)9(6)14;7-4-2-1-3-5(8)6(4)9;;1-2;;/h4,6,12-13,15-16H,1-3H2;1-3,7-9H;1H4;1-2H;2*1H2. The number of aryl methyl sites for hydroxylation is 1. The molecule has 0 radical (unpaired) electrons. The molecule has 0 spiro atoms. The maximum atomic E-state index is 11.7. The van der Waals surface area contributed by atoms with Crippen LogP contribution >= 0.6 is 0 Å². The Balaban J connectivity index is -0.000000453. The van der Waals surface area contributed by atoms with Gasteiger partial charge in [0.15, 0.2) is 34.5 Å². The van der Waals surface area contributed by atoms with Gasteiger partial charge in [-0.3, -0.25) is 15.3 Å². The number of aromatic hydroxyl groups is 6. The Bertz CT molecular complexity index is 786. The molecule has 0 amide bonds. The highest BCUT2D eigenvalue weighted by Gasteiger charge is 2.29. The van der Waals surface area contributed by atoms with Gasteiger partial charge in [-0.1, -0.05) is 13.5 Å². The van der Waals surface area contributed by atoms with Crippen molar-refractivity contribution in [2.24, 2.45) is 0 Å². The van der Waals surface area contributed by atoms with E-state index < -0.39 is 34.9 Å². The third-order valence-corrected chi connectivity index (χ3v) is 3.80. The SMILES string of the molecule is C.O.O.O=C1c2c(cc(O)c(O)c2O)CCCC1O.OO.Oc1cccc(O)c1O.